The molecule has 0 amide bonds. The Morgan fingerprint density at radius 2 is 1.53 bits per heavy atom. The van der Waals surface area contributed by atoms with Crippen molar-refractivity contribution in [1.82, 2.24) is 4.41 Å². The molecule has 0 bridgehead atoms. The van der Waals surface area contributed by atoms with Gasteiger partial charge in [-0.15, -0.1) is 0 Å². The minimum Gasteiger partial charge on any atom is -0.497 e. The fourth-order valence-corrected chi connectivity index (χ4v) is 5.13. The van der Waals surface area contributed by atoms with E-state index < -0.39 is 16.1 Å². The van der Waals surface area contributed by atoms with Crippen LogP contribution in [0.1, 0.15) is 23.6 Å². The Morgan fingerprint density at radius 3 is 2.16 bits per heavy atom. The van der Waals surface area contributed by atoms with Crippen molar-refractivity contribution in [3.05, 3.63) is 83.9 Å². The van der Waals surface area contributed by atoms with Crippen LogP contribution in [0.4, 0.5) is 0 Å². The quantitative estimate of drug-likeness (QED) is 0.536. The molecule has 3 aromatic rings. The van der Waals surface area contributed by atoms with Gasteiger partial charge in [-0.25, -0.2) is 0 Å². The lowest BCUT2D eigenvalue weighted by Crippen LogP contribution is -2.27. The molecule has 8 heteroatoms. The fourth-order valence-electron chi connectivity index (χ4n) is 3.68. The van der Waals surface area contributed by atoms with E-state index in [-0.39, 0.29) is 4.90 Å². The van der Waals surface area contributed by atoms with Crippen LogP contribution >= 0.6 is 0 Å². The molecule has 4 rings (SSSR count). The number of ether oxygens (including phenoxy) is 3. The van der Waals surface area contributed by atoms with Crippen molar-refractivity contribution in [2.75, 3.05) is 21.3 Å². The zero-order valence-corrected chi connectivity index (χ0v) is 18.9. The van der Waals surface area contributed by atoms with Crippen molar-refractivity contribution in [2.45, 2.75) is 17.4 Å². The monoisotopic (exact) mass is 452 g/mol. The van der Waals surface area contributed by atoms with Crippen molar-refractivity contribution in [3.63, 3.8) is 0 Å². The second-order valence-electron chi connectivity index (χ2n) is 7.20. The summed E-state index contributed by atoms with van der Waals surface area (Å²) in [5.74, 6) is 1.85. The zero-order valence-electron chi connectivity index (χ0n) is 18.1. The molecule has 1 unspecified atom stereocenters. The summed E-state index contributed by atoms with van der Waals surface area (Å²) in [7, 11) is 0.858. The van der Waals surface area contributed by atoms with Crippen LogP contribution in [-0.2, 0) is 10.0 Å². The van der Waals surface area contributed by atoms with Gasteiger partial charge in [0, 0.05) is 12.0 Å². The Labute approximate surface area is 187 Å². The maximum atomic E-state index is 13.5. The van der Waals surface area contributed by atoms with Crippen molar-refractivity contribution in [2.24, 2.45) is 5.10 Å². The van der Waals surface area contributed by atoms with Crippen LogP contribution in [0, 0.1) is 0 Å². The zero-order chi connectivity index (χ0) is 22.7. The highest BCUT2D eigenvalue weighted by molar-refractivity contribution is 7.89. The molecule has 3 aromatic carbocycles. The highest BCUT2D eigenvalue weighted by Gasteiger charge is 2.37. The van der Waals surface area contributed by atoms with Crippen molar-refractivity contribution in [3.8, 4) is 17.2 Å². The molecule has 0 fully saturated rings. The van der Waals surface area contributed by atoms with E-state index in [1.54, 1.807) is 63.8 Å². The van der Waals surface area contributed by atoms with E-state index in [0.717, 1.165) is 11.1 Å². The molecule has 7 nitrogen and oxygen atoms in total. The predicted molar refractivity (Wildman–Crippen MR) is 122 cm³/mol. The first-order chi connectivity index (χ1) is 15.5. The molecule has 1 heterocycles. The molecule has 0 saturated heterocycles. The first kappa shape index (κ1) is 21.7. The molecule has 0 aromatic heterocycles. The van der Waals surface area contributed by atoms with Crippen LogP contribution in [-0.4, -0.2) is 39.9 Å². The SMILES string of the molecule is COc1ccc(C2CC(c3ccc(OC)c(OC)c3)=NN2S(=O)(=O)c2ccccc2)cc1. The number of methoxy groups -OCH3 is 3. The molecule has 1 aliphatic heterocycles. The van der Waals surface area contributed by atoms with E-state index in [1.165, 1.54) is 4.41 Å². The molecule has 0 spiro atoms. The second kappa shape index (κ2) is 8.92. The fraction of sp³-hybridized carbons (Fsp3) is 0.208. The molecular weight excluding hydrogens is 428 g/mol. The van der Waals surface area contributed by atoms with Gasteiger partial charge in [0.05, 0.1) is 38.0 Å². The number of rotatable bonds is 7. The van der Waals surface area contributed by atoms with Crippen LogP contribution in [0.5, 0.6) is 17.2 Å². The Morgan fingerprint density at radius 1 is 0.844 bits per heavy atom. The van der Waals surface area contributed by atoms with Gasteiger partial charge < -0.3 is 14.2 Å². The number of hydrogen-bond donors (Lipinski definition) is 0. The summed E-state index contributed by atoms with van der Waals surface area (Å²) in [6.45, 7) is 0. The standard InChI is InChI=1S/C24H24N2O5S/c1-29-19-12-9-17(10-13-19)22-16-21(18-11-14-23(30-2)24(15-18)31-3)25-26(22)32(27,28)20-7-5-4-6-8-20/h4-15,22H,16H2,1-3H3. The van der Waals surface area contributed by atoms with Gasteiger partial charge in [-0.05, 0) is 48.0 Å². The number of nitrogens with zero attached hydrogens (tertiary/aromatic N) is 2. The average Bonchev–Trinajstić information content (AvgIpc) is 3.30. The van der Waals surface area contributed by atoms with Gasteiger partial charge in [-0.2, -0.15) is 17.9 Å². The Bertz CT molecular complexity index is 1230. The normalized spacial score (nSPS) is 15.9. The van der Waals surface area contributed by atoms with E-state index in [2.05, 4.69) is 5.10 Å². The van der Waals surface area contributed by atoms with Crippen LogP contribution in [0.3, 0.4) is 0 Å². The summed E-state index contributed by atoms with van der Waals surface area (Å²) in [6.07, 6.45) is 0.411. The number of sulfonamides is 1. The Hall–Kier alpha value is -3.52. The van der Waals surface area contributed by atoms with Crippen LogP contribution in [0.15, 0.2) is 82.8 Å². The maximum absolute atomic E-state index is 13.5. The second-order valence-corrected chi connectivity index (χ2v) is 9.00. The average molecular weight is 453 g/mol. The Balaban J connectivity index is 1.79. The highest BCUT2D eigenvalue weighted by atomic mass is 32.2. The first-order valence-corrected chi connectivity index (χ1v) is 11.4. The molecule has 0 aliphatic carbocycles. The lowest BCUT2D eigenvalue weighted by molar-refractivity contribution is 0.355. The van der Waals surface area contributed by atoms with Gasteiger partial charge in [0.2, 0.25) is 0 Å². The molecule has 0 radical (unpaired) electrons. The van der Waals surface area contributed by atoms with Crippen molar-refractivity contribution in [1.29, 1.82) is 0 Å². The summed E-state index contributed by atoms with van der Waals surface area (Å²) in [4.78, 5) is 0.191. The summed E-state index contributed by atoms with van der Waals surface area (Å²) < 4.78 is 44.2. The van der Waals surface area contributed by atoms with Crippen LogP contribution in [0.2, 0.25) is 0 Å². The third-order valence-electron chi connectivity index (χ3n) is 5.38. The third-order valence-corrected chi connectivity index (χ3v) is 7.07. The first-order valence-electron chi connectivity index (χ1n) is 10.0. The smallest absolute Gasteiger partial charge is 0.279 e. The van der Waals surface area contributed by atoms with Gasteiger partial charge >= 0.3 is 0 Å². The third kappa shape index (κ3) is 4.01. The Kier molecular flexibility index (Phi) is 6.05. The predicted octanol–water partition coefficient (Wildman–Crippen LogP) is 4.25. The largest absolute Gasteiger partial charge is 0.497 e. The lowest BCUT2D eigenvalue weighted by atomic mass is 9.99. The van der Waals surface area contributed by atoms with Crippen LogP contribution in [0.25, 0.3) is 0 Å². The van der Waals surface area contributed by atoms with Gasteiger partial charge in [-0.3, -0.25) is 0 Å². The topological polar surface area (TPSA) is 77.4 Å². The number of hydrazone groups is 1. The maximum Gasteiger partial charge on any atom is 0.279 e. The molecule has 1 aliphatic rings. The molecule has 1 atom stereocenters. The van der Waals surface area contributed by atoms with Crippen molar-refractivity contribution >= 4 is 15.7 Å². The van der Waals surface area contributed by atoms with Gasteiger partial charge in [0.15, 0.2) is 11.5 Å². The molecule has 32 heavy (non-hydrogen) atoms. The number of benzene rings is 3. The van der Waals surface area contributed by atoms with Crippen LogP contribution < -0.4 is 14.2 Å². The van der Waals surface area contributed by atoms with Gasteiger partial charge in [0.25, 0.3) is 10.0 Å². The summed E-state index contributed by atoms with van der Waals surface area (Å²) in [5.41, 5.74) is 2.24. The van der Waals surface area contributed by atoms with E-state index in [4.69, 9.17) is 14.2 Å². The summed E-state index contributed by atoms with van der Waals surface area (Å²) >= 11 is 0. The summed E-state index contributed by atoms with van der Waals surface area (Å²) in [5, 5.41) is 4.57. The molecule has 0 N–H and O–H groups in total. The lowest BCUT2D eigenvalue weighted by Gasteiger charge is -2.23. The van der Waals surface area contributed by atoms with Gasteiger partial charge in [0.1, 0.15) is 5.75 Å². The highest BCUT2D eigenvalue weighted by Crippen LogP contribution is 2.39. The summed E-state index contributed by atoms with van der Waals surface area (Å²) in [6, 6.07) is 20.6. The van der Waals surface area contributed by atoms with E-state index >= 15 is 0 Å². The van der Waals surface area contributed by atoms with E-state index in [9.17, 15) is 8.42 Å². The molecule has 166 valence electrons. The minimum absolute atomic E-state index is 0.191. The molecule has 0 saturated carbocycles. The minimum atomic E-state index is -3.86. The van der Waals surface area contributed by atoms with E-state index in [0.29, 0.717) is 29.4 Å². The van der Waals surface area contributed by atoms with Crippen molar-refractivity contribution < 1.29 is 22.6 Å². The van der Waals surface area contributed by atoms with Gasteiger partial charge in [-0.1, -0.05) is 30.3 Å². The molecular formula is C24H24N2O5S. The number of hydrogen-bond acceptors (Lipinski definition) is 6. The van der Waals surface area contributed by atoms with E-state index in [1.807, 2.05) is 30.3 Å².